The topological polar surface area (TPSA) is 110 Å². The Morgan fingerprint density at radius 2 is 1.84 bits per heavy atom. The summed E-state index contributed by atoms with van der Waals surface area (Å²) in [5.41, 5.74) is 0.910. The molecule has 0 spiro atoms. The zero-order chi connectivity index (χ0) is 18.4. The molecular weight excluding hydrogens is 324 g/mol. The summed E-state index contributed by atoms with van der Waals surface area (Å²) in [7, 11) is 0. The van der Waals surface area contributed by atoms with Crippen molar-refractivity contribution < 1.29 is 19.6 Å². The molecule has 0 radical (unpaired) electrons. The average Bonchev–Trinajstić information content (AvgIpc) is 2.61. The molecule has 1 unspecified atom stereocenters. The second-order valence-electron chi connectivity index (χ2n) is 5.48. The van der Waals surface area contributed by atoms with Crippen LogP contribution in [0.15, 0.2) is 48.5 Å². The van der Waals surface area contributed by atoms with Crippen molar-refractivity contribution in [3.8, 4) is 0 Å². The second-order valence-corrected chi connectivity index (χ2v) is 5.48. The molecule has 2 aromatic carbocycles. The Labute approximate surface area is 144 Å². The third kappa shape index (κ3) is 4.48. The first-order valence-corrected chi connectivity index (χ1v) is 7.77. The third-order valence-electron chi connectivity index (χ3n) is 3.82. The van der Waals surface area contributed by atoms with Crippen molar-refractivity contribution in [2.45, 2.75) is 25.9 Å². The molecule has 0 saturated carbocycles. The molecule has 0 heterocycles. The highest BCUT2D eigenvalue weighted by atomic mass is 16.6. The van der Waals surface area contributed by atoms with Crippen molar-refractivity contribution in [2.75, 3.05) is 0 Å². The fourth-order valence-corrected chi connectivity index (χ4v) is 2.44. The summed E-state index contributed by atoms with van der Waals surface area (Å²) in [6.45, 7) is 1.69. The van der Waals surface area contributed by atoms with Crippen molar-refractivity contribution in [1.29, 1.82) is 0 Å². The van der Waals surface area contributed by atoms with Crippen LogP contribution < -0.4 is 5.32 Å². The van der Waals surface area contributed by atoms with Gasteiger partial charge in [0.1, 0.15) is 6.04 Å². The number of nitro groups is 1. The van der Waals surface area contributed by atoms with Gasteiger partial charge >= 0.3 is 5.97 Å². The van der Waals surface area contributed by atoms with Gasteiger partial charge in [-0.05, 0) is 18.6 Å². The monoisotopic (exact) mass is 342 g/mol. The Bertz CT molecular complexity index is 789. The van der Waals surface area contributed by atoms with E-state index in [9.17, 15) is 19.7 Å². The van der Waals surface area contributed by atoms with E-state index in [2.05, 4.69) is 5.32 Å². The molecule has 7 nitrogen and oxygen atoms in total. The van der Waals surface area contributed by atoms with Gasteiger partial charge in [-0.3, -0.25) is 19.7 Å². The van der Waals surface area contributed by atoms with Crippen LogP contribution in [0.4, 0.5) is 5.69 Å². The molecule has 2 rings (SSSR count). The molecule has 0 aromatic heterocycles. The standard InChI is InChI=1S/C18H18N2O5/c1-2-15(18(22)23)19-11-14-10-13(8-9-16(14)20(24)25)17(21)12-6-4-3-5-7-12/h3-10,15,19H,2,11H2,1H3,(H,22,23). The Morgan fingerprint density at radius 3 is 2.40 bits per heavy atom. The largest absolute Gasteiger partial charge is 0.480 e. The summed E-state index contributed by atoms with van der Waals surface area (Å²) in [6.07, 6.45) is 0.339. The smallest absolute Gasteiger partial charge is 0.320 e. The van der Waals surface area contributed by atoms with Crippen LogP contribution in [0.1, 0.15) is 34.8 Å². The highest BCUT2D eigenvalue weighted by Crippen LogP contribution is 2.22. The molecule has 7 heteroatoms. The molecule has 25 heavy (non-hydrogen) atoms. The zero-order valence-electron chi connectivity index (χ0n) is 13.6. The van der Waals surface area contributed by atoms with E-state index >= 15 is 0 Å². The molecular formula is C18H18N2O5. The number of ketones is 1. The van der Waals surface area contributed by atoms with Crippen molar-refractivity contribution in [3.05, 3.63) is 75.3 Å². The molecule has 2 aromatic rings. The van der Waals surface area contributed by atoms with Crippen LogP contribution in [0.3, 0.4) is 0 Å². The average molecular weight is 342 g/mol. The van der Waals surface area contributed by atoms with Gasteiger partial charge in [0.15, 0.2) is 5.78 Å². The highest BCUT2D eigenvalue weighted by molar-refractivity contribution is 6.09. The van der Waals surface area contributed by atoms with E-state index in [1.54, 1.807) is 37.3 Å². The Hall–Kier alpha value is -3.06. The van der Waals surface area contributed by atoms with Crippen molar-refractivity contribution in [2.24, 2.45) is 0 Å². The van der Waals surface area contributed by atoms with Crippen LogP contribution in [0.5, 0.6) is 0 Å². The van der Waals surface area contributed by atoms with Gasteiger partial charge in [0, 0.05) is 29.3 Å². The van der Waals surface area contributed by atoms with E-state index < -0.39 is 16.9 Å². The van der Waals surface area contributed by atoms with Gasteiger partial charge in [0.25, 0.3) is 5.69 Å². The predicted molar refractivity (Wildman–Crippen MR) is 91.5 cm³/mol. The van der Waals surface area contributed by atoms with Crippen LogP contribution in [0, 0.1) is 10.1 Å². The molecule has 0 aliphatic rings. The summed E-state index contributed by atoms with van der Waals surface area (Å²) >= 11 is 0. The molecule has 130 valence electrons. The minimum Gasteiger partial charge on any atom is -0.480 e. The van der Waals surface area contributed by atoms with Gasteiger partial charge < -0.3 is 10.4 Å². The molecule has 0 saturated heterocycles. The fourth-order valence-electron chi connectivity index (χ4n) is 2.44. The maximum atomic E-state index is 12.5. The maximum absolute atomic E-state index is 12.5. The van der Waals surface area contributed by atoms with Crippen molar-refractivity contribution >= 4 is 17.4 Å². The Morgan fingerprint density at radius 1 is 1.16 bits per heavy atom. The molecule has 0 fully saturated rings. The maximum Gasteiger partial charge on any atom is 0.320 e. The fraction of sp³-hybridized carbons (Fsp3) is 0.222. The first-order valence-electron chi connectivity index (χ1n) is 7.77. The van der Waals surface area contributed by atoms with E-state index in [-0.39, 0.29) is 23.6 Å². The van der Waals surface area contributed by atoms with Gasteiger partial charge in [-0.15, -0.1) is 0 Å². The molecule has 0 amide bonds. The minimum absolute atomic E-state index is 0.0168. The molecule has 0 bridgehead atoms. The lowest BCUT2D eigenvalue weighted by Gasteiger charge is -2.13. The molecule has 2 N–H and O–H groups in total. The van der Waals surface area contributed by atoms with Crippen LogP contribution in [-0.4, -0.2) is 27.8 Å². The van der Waals surface area contributed by atoms with Gasteiger partial charge in [0.05, 0.1) is 4.92 Å². The number of carbonyl (C=O) groups excluding carboxylic acids is 1. The van der Waals surface area contributed by atoms with Gasteiger partial charge in [-0.1, -0.05) is 37.3 Å². The Balaban J connectivity index is 2.31. The summed E-state index contributed by atoms with van der Waals surface area (Å²) in [5, 5.41) is 23.0. The van der Waals surface area contributed by atoms with E-state index in [1.165, 1.54) is 18.2 Å². The lowest BCUT2D eigenvalue weighted by atomic mass is 10.00. The predicted octanol–water partition coefficient (Wildman–Crippen LogP) is 2.78. The number of aliphatic carboxylic acids is 1. The number of nitrogens with one attached hydrogen (secondary N) is 1. The molecule has 0 aliphatic carbocycles. The van der Waals surface area contributed by atoms with Crippen molar-refractivity contribution in [1.82, 2.24) is 5.32 Å². The van der Waals surface area contributed by atoms with E-state index in [0.717, 1.165) is 0 Å². The number of benzene rings is 2. The van der Waals surface area contributed by atoms with Crippen molar-refractivity contribution in [3.63, 3.8) is 0 Å². The highest BCUT2D eigenvalue weighted by Gasteiger charge is 2.20. The lowest BCUT2D eigenvalue weighted by Crippen LogP contribution is -2.35. The number of hydrogen-bond acceptors (Lipinski definition) is 5. The van der Waals surface area contributed by atoms with Crippen LogP contribution in [0.25, 0.3) is 0 Å². The number of nitro benzene ring substituents is 1. The second kappa shape index (κ2) is 8.16. The SMILES string of the molecule is CCC(NCc1cc(C(=O)c2ccccc2)ccc1[N+](=O)[O-])C(=O)O. The Kier molecular flexibility index (Phi) is 5.97. The van der Waals surface area contributed by atoms with E-state index in [4.69, 9.17) is 5.11 Å². The van der Waals surface area contributed by atoms with Crippen LogP contribution >= 0.6 is 0 Å². The number of nitrogens with zero attached hydrogens (tertiary/aromatic N) is 1. The van der Waals surface area contributed by atoms with E-state index in [0.29, 0.717) is 17.5 Å². The number of carbonyl (C=O) groups is 2. The zero-order valence-corrected chi connectivity index (χ0v) is 13.6. The summed E-state index contributed by atoms with van der Waals surface area (Å²) in [5.74, 6) is -1.27. The first kappa shape index (κ1) is 18.3. The number of rotatable bonds is 8. The number of hydrogen-bond donors (Lipinski definition) is 2. The lowest BCUT2D eigenvalue weighted by molar-refractivity contribution is -0.385. The summed E-state index contributed by atoms with van der Waals surface area (Å²) in [6, 6.07) is 11.9. The van der Waals surface area contributed by atoms with Gasteiger partial charge in [-0.25, -0.2) is 0 Å². The normalized spacial score (nSPS) is 11.7. The van der Waals surface area contributed by atoms with Gasteiger partial charge in [0.2, 0.25) is 0 Å². The van der Waals surface area contributed by atoms with Gasteiger partial charge in [-0.2, -0.15) is 0 Å². The number of carboxylic acid groups (broad SMARTS) is 1. The quantitative estimate of drug-likeness (QED) is 0.434. The third-order valence-corrected chi connectivity index (χ3v) is 3.82. The van der Waals surface area contributed by atoms with Crippen LogP contribution in [0.2, 0.25) is 0 Å². The molecule has 1 atom stereocenters. The summed E-state index contributed by atoms with van der Waals surface area (Å²) < 4.78 is 0. The minimum atomic E-state index is -1.03. The summed E-state index contributed by atoms with van der Waals surface area (Å²) in [4.78, 5) is 34.2. The first-order chi connectivity index (χ1) is 11.9. The van der Waals surface area contributed by atoms with E-state index in [1.807, 2.05) is 0 Å². The molecule has 0 aliphatic heterocycles. The number of carboxylic acids is 1. The van der Waals surface area contributed by atoms with Crippen LogP contribution in [-0.2, 0) is 11.3 Å².